The molecule has 0 amide bonds. The quantitative estimate of drug-likeness (QED) is 0.370. The van der Waals surface area contributed by atoms with Crippen LogP contribution in [0.2, 0.25) is 0 Å². The van der Waals surface area contributed by atoms with E-state index in [0.29, 0.717) is 0 Å². The molecule has 120 valence electrons. The Kier molecular flexibility index (Phi) is 4.14. The van der Waals surface area contributed by atoms with E-state index in [2.05, 4.69) is 100 Å². The van der Waals surface area contributed by atoms with Gasteiger partial charge in [0.1, 0.15) is 0 Å². The Morgan fingerprint density at radius 3 is 2.62 bits per heavy atom. The van der Waals surface area contributed by atoms with Crippen LogP contribution in [0.4, 0.5) is 22.9 Å². The van der Waals surface area contributed by atoms with E-state index < -0.39 is 0 Å². The lowest BCUT2D eigenvalue weighted by Gasteiger charge is -2.32. The van der Waals surface area contributed by atoms with Crippen LogP contribution in [0, 0.1) is 3.57 Å². The number of hydrogen-bond donors (Lipinski definition) is 0. The standard InChI is InChI=1S/C19H16IN3S/c1-22(2)14-10-13(20)11-15(12-14)23-16-6-3-4-7-17(16)24-18-8-5-9-21-19(18)23/h3-12H,1-2H3. The Hall–Kier alpha value is -1.73. The second-order valence-corrected chi connectivity index (χ2v) is 8.12. The van der Waals surface area contributed by atoms with Gasteiger partial charge in [-0.2, -0.15) is 0 Å². The summed E-state index contributed by atoms with van der Waals surface area (Å²) in [5.41, 5.74) is 3.50. The summed E-state index contributed by atoms with van der Waals surface area (Å²) in [5.74, 6) is 0.993. The molecule has 1 aliphatic heterocycles. The number of anilines is 4. The Balaban J connectivity index is 1.95. The van der Waals surface area contributed by atoms with Crippen molar-refractivity contribution in [3.8, 4) is 0 Å². The number of aromatic nitrogens is 1. The van der Waals surface area contributed by atoms with Crippen molar-refractivity contribution in [1.29, 1.82) is 0 Å². The Morgan fingerprint density at radius 1 is 1.00 bits per heavy atom. The van der Waals surface area contributed by atoms with E-state index in [9.17, 15) is 0 Å². The van der Waals surface area contributed by atoms with Crippen molar-refractivity contribution in [2.45, 2.75) is 9.79 Å². The van der Waals surface area contributed by atoms with Gasteiger partial charge in [0.2, 0.25) is 0 Å². The molecule has 1 aliphatic rings. The third-order valence-electron chi connectivity index (χ3n) is 3.93. The molecular weight excluding hydrogens is 429 g/mol. The summed E-state index contributed by atoms with van der Waals surface area (Å²) in [4.78, 5) is 11.5. The summed E-state index contributed by atoms with van der Waals surface area (Å²) in [6.07, 6.45) is 1.86. The van der Waals surface area contributed by atoms with Crippen LogP contribution >= 0.6 is 34.4 Å². The first kappa shape index (κ1) is 15.8. The first-order chi connectivity index (χ1) is 11.6. The van der Waals surface area contributed by atoms with Crippen molar-refractivity contribution in [2.24, 2.45) is 0 Å². The molecule has 0 aliphatic carbocycles. The molecule has 0 radical (unpaired) electrons. The highest BCUT2D eigenvalue weighted by Crippen LogP contribution is 2.50. The van der Waals surface area contributed by atoms with E-state index in [1.54, 1.807) is 11.8 Å². The zero-order valence-electron chi connectivity index (χ0n) is 13.4. The van der Waals surface area contributed by atoms with Gasteiger partial charge >= 0.3 is 0 Å². The molecule has 1 aromatic heterocycles. The van der Waals surface area contributed by atoms with Gasteiger partial charge in [-0.25, -0.2) is 4.98 Å². The maximum atomic E-state index is 4.67. The highest BCUT2D eigenvalue weighted by atomic mass is 127. The first-order valence-corrected chi connectivity index (χ1v) is 9.53. The van der Waals surface area contributed by atoms with Gasteiger partial charge in [-0.15, -0.1) is 0 Å². The first-order valence-electron chi connectivity index (χ1n) is 7.63. The highest BCUT2D eigenvalue weighted by molar-refractivity contribution is 14.1. The third kappa shape index (κ3) is 2.75. The minimum Gasteiger partial charge on any atom is -0.378 e. The molecule has 3 nitrogen and oxygen atoms in total. The van der Waals surface area contributed by atoms with Gasteiger partial charge in [0.05, 0.1) is 16.3 Å². The summed E-state index contributed by atoms with van der Waals surface area (Å²) in [6.45, 7) is 0. The van der Waals surface area contributed by atoms with Crippen LogP contribution in [-0.4, -0.2) is 19.1 Å². The molecule has 0 spiro atoms. The highest BCUT2D eigenvalue weighted by Gasteiger charge is 2.26. The normalized spacial score (nSPS) is 12.5. The maximum absolute atomic E-state index is 4.67. The van der Waals surface area contributed by atoms with E-state index >= 15 is 0 Å². The Labute approximate surface area is 159 Å². The number of halogens is 1. The molecule has 0 saturated carbocycles. The van der Waals surface area contributed by atoms with Crippen molar-refractivity contribution in [1.82, 2.24) is 4.98 Å². The predicted molar refractivity (Wildman–Crippen MR) is 110 cm³/mol. The zero-order chi connectivity index (χ0) is 16.7. The zero-order valence-corrected chi connectivity index (χ0v) is 16.4. The van der Waals surface area contributed by atoms with Crippen molar-refractivity contribution in [2.75, 3.05) is 23.9 Å². The molecule has 0 fully saturated rings. The third-order valence-corrected chi connectivity index (χ3v) is 5.66. The van der Waals surface area contributed by atoms with Crippen molar-refractivity contribution < 1.29 is 0 Å². The minimum absolute atomic E-state index is 0.993. The minimum atomic E-state index is 0.993. The molecule has 0 atom stereocenters. The molecule has 0 unspecified atom stereocenters. The molecule has 24 heavy (non-hydrogen) atoms. The predicted octanol–water partition coefficient (Wildman–Crippen LogP) is 5.69. The lowest BCUT2D eigenvalue weighted by Crippen LogP contribution is -2.17. The van der Waals surface area contributed by atoms with Gasteiger partial charge in [-0.05, 0) is 65.1 Å². The number of para-hydroxylation sites is 1. The molecule has 0 N–H and O–H groups in total. The number of pyridine rings is 1. The number of benzene rings is 2. The molecule has 4 rings (SSSR count). The summed E-state index contributed by atoms with van der Waals surface area (Å²) in [6, 6.07) is 19.3. The van der Waals surface area contributed by atoms with E-state index in [-0.39, 0.29) is 0 Å². The van der Waals surface area contributed by atoms with E-state index in [0.717, 1.165) is 11.5 Å². The van der Waals surface area contributed by atoms with Gasteiger partial charge in [0.15, 0.2) is 5.82 Å². The summed E-state index contributed by atoms with van der Waals surface area (Å²) in [5, 5.41) is 0. The van der Waals surface area contributed by atoms with Crippen molar-refractivity contribution in [3.63, 3.8) is 0 Å². The van der Waals surface area contributed by atoms with Crippen LogP contribution in [0.15, 0.2) is 70.6 Å². The largest absolute Gasteiger partial charge is 0.378 e. The number of fused-ring (bicyclic) bond motifs is 2. The Morgan fingerprint density at radius 2 is 1.79 bits per heavy atom. The van der Waals surface area contributed by atoms with E-state index in [1.165, 1.54) is 24.7 Å². The van der Waals surface area contributed by atoms with Gasteiger partial charge in [-0.1, -0.05) is 23.9 Å². The molecule has 2 heterocycles. The number of hydrogen-bond acceptors (Lipinski definition) is 4. The van der Waals surface area contributed by atoms with Crippen LogP contribution in [0.3, 0.4) is 0 Å². The Bertz CT molecular complexity index is 865. The SMILES string of the molecule is CN(C)c1cc(I)cc(N2c3ccccc3Sc3cccnc32)c1. The summed E-state index contributed by atoms with van der Waals surface area (Å²) < 4.78 is 1.21. The fraction of sp³-hybridized carbons (Fsp3) is 0.105. The molecule has 2 aromatic carbocycles. The van der Waals surface area contributed by atoms with Gasteiger partial charge in [0.25, 0.3) is 0 Å². The fourth-order valence-corrected chi connectivity index (χ4v) is 4.47. The van der Waals surface area contributed by atoms with Gasteiger partial charge in [-0.3, -0.25) is 4.90 Å². The molecule has 3 aromatic rings. The monoisotopic (exact) mass is 445 g/mol. The maximum Gasteiger partial charge on any atom is 0.151 e. The smallest absolute Gasteiger partial charge is 0.151 e. The average molecular weight is 445 g/mol. The topological polar surface area (TPSA) is 19.4 Å². The summed E-state index contributed by atoms with van der Waals surface area (Å²) in [7, 11) is 4.14. The van der Waals surface area contributed by atoms with Crippen LogP contribution in [0.5, 0.6) is 0 Å². The molecule has 0 saturated heterocycles. The molecule has 0 bridgehead atoms. The van der Waals surface area contributed by atoms with E-state index in [1.807, 2.05) is 12.3 Å². The van der Waals surface area contributed by atoms with Crippen LogP contribution in [-0.2, 0) is 0 Å². The van der Waals surface area contributed by atoms with E-state index in [4.69, 9.17) is 0 Å². The second kappa shape index (κ2) is 6.29. The fourth-order valence-electron chi connectivity index (χ4n) is 2.80. The van der Waals surface area contributed by atoms with Crippen molar-refractivity contribution >= 4 is 57.2 Å². The molecular formula is C19H16IN3S. The number of rotatable bonds is 2. The van der Waals surface area contributed by atoms with Gasteiger partial charge in [0, 0.05) is 34.4 Å². The van der Waals surface area contributed by atoms with Gasteiger partial charge < -0.3 is 4.90 Å². The summed E-state index contributed by atoms with van der Waals surface area (Å²) >= 11 is 4.16. The number of nitrogens with zero attached hydrogens (tertiary/aromatic N) is 3. The average Bonchev–Trinajstić information content (AvgIpc) is 2.59. The van der Waals surface area contributed by atoms with Crippen LogP contribution in [0.25, 0.3) is 0 Å². The lowest BCUT2D eigenvalue weighted by molar-refractivity contribution is 1.08. The second-order valence-electron chi connectivity index (χ2n) is 5.79. The van der Waals surface area contributed by atoms with Crippen LogP contribution < -0.4 is 9.80 Å². The van der Waals surface area contributed by atoms with Crippen LogP contribution in [0.1, 0.15) is 0 Å². The lowest BCUT2D eigenvalue weighted by atomic mass is 10.2. The van der Waals surface area contributed by atoms with Crippen molar-refractivity contribution in [3.05, 3.63) is 64.4 Å². The molecule has 5 heteroatoms.